The molecule has 0 aromatic heterocycles. The number of aliphatic hydroxyl groups excluding tert-OH is 1. The zero-order valence-corrected chi connectivity index (χ0v) is 24.4. The van der Waals surface area contributed by atoms with Crippen LogP contribution in [0.3, 0.4) is 0 Å². The Morgan fingerprint density at radius 1 is 1.12 bits per heavy atom. The van der Waals surface area contributed by atoms with Crippen molar-refractivity contribution < 1.29 is 24.2 Å². The van der Waals surface area contributed by atoms with Crippen molar-refractivity contribution >= 4 is 17.5 Å². The number of likely N-dealkylation sites (N-methyl/N-ethyl adjacent to an activating group) is 1. The summed E-state index contributed by atoms with van der Waals surface area (Å²) in [5, 5.41) is 12.9. The molecule has 0 bridgehead atoms. The highest BCUT2D eigenvalue weighted by Gasteiger charge is 2.31. The molecule has 0 saturated carbocycles. The van der Waals surface area contributed by atoms with Gasteiger partial charge in [0, 0.05) is 36.8 Å². The van der Waals surface area contributed by atoms with E-state index in [1.807, 2.05) is 67.6 Å². The molecule has 0 radical (unpaired) electrons. The van der Waals surface area contributed by atoms with Gasteiger partial charge in [0.15, 0.2) is 0 Å². The normalized spacial score (nSPS) is 18.0. The van der Waals surface area contributed by atoms with Crippen molar-refractivity contribution in [1.29, 1.82) is 0 Å². The van der Waals surface area contributed by atoms with E-state index in [0.717, 1.165) is 23.4 Å². The van der Waals surface area contributed by atoms with E-state index < -0.39 is 0 Å². The Hall–Kier alpha value is -3.88. The lowest BCUT2D eigenvalue weighted by Crippen LogP contribution is -2.47. The van der Waals surface area contributed by atoms with Crippen LogP contribution in [0.4, 0.5) is 5.69 Å². The fourth-order valence-corrected chi connectivity index (χ4v) is 5.13. The highest BCUT2D eigenvalue weighted by atomic mass is 16.5. The zero-order valence-electron chi connectivity index (χ0n) is 24.4. The second-order valence-electron chi connectivity index (χ2n) is 11.0. The molecule has 218 valence electrons. The van der Waals surface area contributed by atoms with Crippen molar-refractivity contribution in [3.63, 3.8) is 0 Å². The van der Waals surface area contributed by atoms with Gasteiger partial charge < -0.3 is 24.8 Å². The number of benzene rings is 3. The smallest absolute Gasteiger partial charge is 0.228 e. The highest BCUT2D eigenvalue weighted by molar-refractivity contribution is 5.92. The first-order chi connectivity index (χ1) is 19.7. The van der Waals surface area contributed by atoms with Gasteiger partial charge in [0.05, 0.1) is 32.6 Å². The van der Waals surface area contributed by atoms with Crippen molar-refractivity contribution in [3.8, 4) is 11.5 Å². The van der Waals surface area contributed by atoms with Crippen molar-refractivity contribution in [2.75, 3.05) is 39.2 Å². The minimum Gasteiger partial charge on any atom is -0.497 e. The molecule has 1 aliphatic rings. The number of aliphatic hydroxyl groups is 1. The average Bonchev–Trinajstić information content (AvgIpc) is 3.01. The Bertz CT molecular complexity index is 1300. The van der Waals surface area contributed by atoms with Gasteiger partial charge in [0.25, 0.3) is 0 Å². The van der Waals surface area contributed by atoms with Gasteiger partial charge in [-0.2, -0.15) is 0 Å². The monoisotopic (exact) mass is 559 g/mol. The summed E-state index contributed by atoms with van der Waals surface area (Å²) in [6.45, 7) is 5.65. The van der Waals surface area contributed by atoms with Crippen LogP contribution in [0.1, 0.15) is 30.5 Å². The van der Waals surface area contributed by atoms with Crippen LogP contribution in [0.25, 0.3) is 0 Å². The van der Waals surface area contributed by atoms with E-state index in [9.17, 15) is 14.7 Å². The first kappa shape index (κ1) is 30.1. The molecule has 1 aliphatic heterocycles. The number of methoxy groups -OCH3 is 1. The van der Waals surface area contributed by atoms with Gasteiger partial charge in [-0.3, -0.25) is 14.5 Å². The number of amides is 2. The molecule has 8 heteroatoms. The highest BCUT2D eigenvalue weighted by Crippen LogP contribution is 2.29. The summed E-state index contributed by atoms with van der Waals surface area (Å²) in [5.74, 6) is 1.24. The van der Waals surface area contributed by atoms with Crippen molar-refractivity contribution in [2.24, 2.45) is 5.92 Å². The Morgan fingerprint density at radius 2 is 1.85 bits per heavy atom. The Labute approximate surface area is 242 Å². The minimum absolute atomic E-state index is 0.00229. The SMILES string of the molecule is COc1ccc(CN(C)C[C@@H]2Oc3ccc(NC(=O)Cc4ccccc4)cc3CC(=O)N([C@H](C)CO)C[C@H]2C)cc1. The molecule has 0 saturated heterocycles. The predicted molar refractivity (Wildman–Crippen MR) is 160 cm³/mol. The lowest BCUT2D eigenvalue weighted by Gasteiger charge is -2.34. The maximum atomic E-state index is 13.5. The zero-order chi connectivity index (χ0) is 29.4. The minimum atomic E-state index is -0.321. The second kappa shape index (κ2) is 14.1. The Kier molecular flexibility index (Phi) is 10.4. The van der Waals surface area contributed by atoms with Gasteiger partial charge in [0.1, 0.15) is 17.6 Å². The molecule has 2 amide bonds. The number of ether oxygens (including phenoxy) is 2. The molecule has 1 heterocycles. The van der Waals surface area contributed by atoms with E-state index in [2.05, 4.69) is 36.3 Å². The first-order valence-corrected chi connectivity index (χ1v) is 14.1. The van der Waals surface area contributed by atoms with Crippen LogP contribution in [0, 0.1) is 5.92 Å². The summed E-state index contributed by atoms with van der Waals surface area (Å²) in [4.78, 5) is 30.2. The number of fused-ring (bicyclic) bond motifs is 1. The van der Waals surface area contributed by atoms with Crippen LogP contribution in [-0.2, 0) is 29.0 Å². The lowest BCUT2D eigenvalue weighted by atomic mass is 10.0. The van der Waals surface area contributed by atoms with E-state index in [0.29, 0.717) is 30.1 Å². The number of carbonyl (C=O) groups excluding carboxylic acids is 2. The molecule has 3 aromatic carbocycles. The third-order valence-electron chi connectivity index (χ3n) is 7.51. The molecular formula is C33H41N3O5. The summed E-state index contributed by atoms with van der Waals surface area (Å²) in [6, 6.07) is 22.7. The molecule has 3 atom stereocenters. The van der Waals surface area contributed by atoms with E-state index in [4.69, 9.17) is 9.47 Å². The number of anilines is 1. The standard InChI is InChI=1S/C33H41N3O5/c1-23-19-36(24(2)22-37)33(39)18-27-17-28(34-32(38)16-25-8-6-5-7-9-25)12-15-30(27)41-31(23)21-35(3)20-26-10-13-29(40-4)14-11-26/h5-15,17,23-24,31,37H,16,18-22H2,1-4H3,(H,34,38)/t23-,24-,31+/m1/s1. The Morgan fingerprint density at radius 3 is 2.54 bits per heavy atom. The van der Waals surface area contributed by atoms with Crippen LogP contribution in [0.5, 0.6) is 11.5 Å². The van der Waals surface area contributed by atoms with E-state index in [-0.39, 0.29) is 49.3 Å². The molecule has 41 heavy (non-hydrogen) atoms. The van der Waals surface area contributed by atoms with Gasteiger partial charge in [-0.15, -0.1) is 0 Å². The molecule has 8 nitrogen and oxygen atoms in total. The molecule has 2 N–H and O–H groups in total. The van der Waals surface area contributed by atoms with Crippen LogP contribution in [0.15, 0.2) is 72.8 Å². The maximum Gasteiger partial charge on any atom is 0.228 e. The van der Waals surface area contributed by atoms with E-state index in [1.165, 1.54) is 0 Å². The molecular weight excluding hydrogens is 518 g/mol. The number of nitrogens with zero attached hydrogens (tertiary/aromatic N) is 2. The van der Waals surface area contributed by atoms with Gasteiger partial charge >= 0.3 is 0 Å². The van der Waals surface area contributed by atoms with Crippen LogP contribution in [-0.4, -0.2) is 72.7 Å². The fraction of sp³-hybridized carbons (Fsp3) is 0.394. The van der Waals surface area contributed by atoms with Crippen LogP contribution < -0.4 is 14.8 Å². The number of nitrogens with one attached hydrogen (secondary N) is 1. The lowest BCUT2D eigenvalue weighted by molar-refractivity contribution is -0.134. The fourth-order valence-electron chi connectivity index (χ4n) is 5.13. The molecule has 0 aliphatic carbocycles. The van der Waals surface area contributed by atoms with E-state index >= 15 is 0 Å². The Balaban J connectivity index is 1.55. The van der Waals surface area contributed by atoms with Gasteiger partial charge in [0.2, 0.25) is 11.8 Å². The number of hydrogen-bond donors (Lipinski definition) is 2. The van der Waals surface area contributed by atoms with Crippen molar-refractivity contribution in [1.82, 2.24) is 9.80 Å². The van der Waals surface area contributed by atoms with Gasteiger partial charge in [-0.25, -0.2) is 0 Å². The van der Waals surface area contributed by atoms with Crippen molar-refractivity contribution in [2.45, 2.75) is 45.4 Å². The topological polar surface area (TPSA) is 91.3 Å². The average molecular weight is 560 g/mol. The summed E-state index contributed by atoms with van der Waals surface area (Å²) in [5.41, 5.74) is 3.41. The summed E-state index contributed by atoms with van der Waals surface area (Å²) < 4.78 is 11.9. The number of carbonyl (C=O) groups is 2. The molecule has 0 fully saturated rings. The molecule has 3 aromatic rings. The third-order valence-corrected chi connectivity index (χ3v) is 7.51. The number of rotatable bonds is 10. The second-order valence-corrected chi connectivity index (χ2v) is 11.0. The molecule has 0 unspecified atom stereocenters. The summed E-state index contributed by atoms with van der Waals surface area (Å²) in [6.07, 6.45) is 0.160. The predicted octanol–water partition coefficient (Wildman–Crippen LogP) is 4.16. The quantitative estimate of drug-likeness (QED) is 0.388. The van der Waals surface area contributed by atoms with Crippen LogP contribution >= 0.6 is 0 Å². The maximum absolute atomic E-state index is 13.5. The first-order valence-electron chi connectivity index (χ1n) is 14.1. The molecule has 0 spiro atoms. The largest absolute Gasteiger partial charge is 0.497 e. The summed E-state index contributed by atoms with van der Waals surface area (Å²) in [7, 11) is 3.71. The molecule has 4 rings (SSSR count). The third kappa shape index (κ3) is 8.31. The van der Waals surface area contributed by atoms with Crippen LogP contribution in [0.2, 0.25) is 0 Å². The summed E-state index contributed by atoms with van der Waals surface area (Å²) >= 11 is 0. The van der Waals surface area contributed by atoms with Crippen molar-refractivity contribution in [3.05, 3.63) is 89.5 Å². The van der Waals surface area contributed by atoms with E-state index in [1.54, 1.807) is 12.0 Å². The number of hydrogen-bond acceptors (Lipinski definition) is 6. The van der Waals surface area contributed by atoms with Gasteiger partial charge in [-0.05, 0) is 55.4 Å². The van der Waals surface area contributed by atoms with Gasteiger partial charge in [-0.1, -0.05) is 49.4 Å².